The molecule has 3 heterocycles. The standard InChI is InChI=1S/C20H26N4O2/c1-3-17-14(2)11-18(26-17)24-13-16-9-10-23(22-19(16)21-20(24)25)12-15-7-5-4-6-8-15/h4-8,13-14,17-18H,3,9-12H2,1-2H3,(H,21,22,25). The van der Waals surface area contributed by atoms with Gasteiger partial charge in [-0.1, -0.05) is 44.2 Å². The maximum atomic E-state index is 12.6. The number of benzene rings is 1. The van der Waals surface area contributed by atoms with E-state index in [4.69, 9.17) is 4.74 Å². The number of aromatic nitrogens is 2. The molecule has 0 spiro atoms. The molecule has 1 aromatic heterocycles. The molecule has 26 heavy (non-hydrogen) atoms. The van der Waals surface area contributed by atoms with Crippen molar-refractivity contribution in [1.29, 1.82) is 0 Å². The van der Waals surface area contributed by atoms with Gasteiger partial charge in [-0.05, 0) is 30.7 Å². The summed E-state index contributed by atoms with van der Waals surface area (Å²) in [5, 5.41) is 2.11. The van der Waals surface area contributed by atoms with Crippen molar-refractivity contribution < 1.29 is 4.74 Å². The third kappa shape index (κ3) is 3.39. The lowest BCUT2D eigenvalue weighted by Crippen LogP contribution is -2.39. The predicted molar refractivity (Wildman–Crippen MR) is 101 cm³/mol. The highest BCUT2D eigenvalue weighted by atomic mass is 16.5. The zero-order valence-corrected chi connectivity index (χ0v) is 15.4. The first-order chi connectivity index (χ1) is 12.6. The van der Waals surface area contributed by atoms with Crippen LogP contribution < -0.4 is 11.1 Å². The third-order valence-corrected chi connectivity index (χ3v) is 5.41. The smallest absolute Gasteiger partial charge is 0.351 e. The number of rotatable bonds is 4. The number of ether oxygens (including phenoxy) is 1. The van der Waals surface area contributed by atoms with Gasteiger partial charge in [-0.15, -0.1) is 0 Å². The number of hydrogen-bond acceptors (Lipinski definition) is 5. The molecule has 0 radical (unpaired) electrons. The van der Waals surface area contributed by atoms with E-state index >= 15 is 0 Å². The quantitative estimate of drug-likeness (QED) is 0.915. The largest absolute Gasteiger partial charge is 0.354 e. The summed E-state index contributed by atoms with van der Waals surface area (Å²) in [7, 11) is 0. The number of hydrogen-bond donors (Lipinski definition) is 1. The van der Waals surface area contributed by atoms with Crippen LogP contribution in [0.1, 0.15) is 44.0 Å². The number of anilines is 1. The van der Waals surface area contributed by atoms with E-state index in [0.717, 1.165) is 37.9 Å². The summed E-state index contributed by atoms with van der Waals surface area (Å²) in [6.07, 6.45) is 4.67. The molecule has 0 amide bonds. The summed E-state index contributed by atoms with van der Waals surface area (Å²) in [6, 6.07) is 10.3. The van der Waals surface area contributed by atoms with E-state index in [-0.39, 0.29) is 18.0 Å². The van der Waals surface area contributed by atoms with Gasteiger partial charge in [-0.25, -0.2) is 9.80 Å². The van der Waals surface area contributed by atoms with Crippen molar-refractivity contribution in [2.45, 2.75) is 52.0 Å². The topological polar surface area (TPSA) is 59.4 Å². The van der Waals surface area contributed by atoms with Crippen LogP contribution in [0.5, 0.6) is 0 Å². The van der Waals surface area contributed by atoms with Gasteiger partial charge in [0, 0.05) is 24.8 Å². The number of fused-ring (bicyclic) bond motifs is 1. The van der Waals surface area contributed by atoms with Gasteiger partial charge in [0.1, 0.15) is 6.23 Å². The molecule has 3 unspecified atom stereocenters. The van der Waals surface area contributed by atoms with Gasteiger partial charge in [0.15, 0.2) is 5.82 Å². The van der Waals surface area contributed by atoms with Crippen molar-refractivity contribution >= 4 is 5.82 Å². The van der Waals surface area contributed by atoms with Crippen LogP contribution in [-0.2, 0) is 17.7 Å². The van der Waals surface area contributed by atoms with Crippen molar-refractivity contribution in [3.05, 3.63) is 58.1 Å². The van der Waals surface area contributed by atoms with Gasteiger partial charge in [-0.2, -0.15) is 4.98 Å². The Labute approximate surface area is 153 Å². The Kier molecular flexibility index (Phi) is 4.78. The summed E-state index contributed by atoms with van der Waals surface area (Å²) in [6.45, 7) is 5.98. The average molecular weight is 354 g/mol. The summed E-state index contributed by atoms with van der Waals surface area (Å²) in [4.78, 5) is 16.9. The van der Waals surface area contributed by atoms with E-state index in [1.807, 2.05) is 24.4 Å². The highest BCUT2D eigenvalue weighted by Crippen LogP contribution is 2.34. The molecule has 1 aromatic carbocycles. The molecule has 1 saturated heterocycles. The monoisotopic (exact) mass is 354 g/mol. The van der Waals surface area contributed by atoms with Crippen molar-refractivity contribution in [3.8, 4) is 0 Å². The van der Waals surface area contributed by atoms with Gasteiger partial charge >= 0.3 is 5.69 Å². The van der Waals surface area contributed by atoms with Crippen LogP contribution in [-0.4, -0.2) is 27.2 Å². The van der Waals surface area contributed by atoms with Crippen molar-refractivity contribution in [3.63, 3.8) is 0 Å². The highest BCUT2D eigenvalue weighted by Gasteiger charge is 2.33. The van der Waals surface area contributed by atoms with E-state index in [2.05, 4.69) is 41.4 Å². The number of nitrogens with one attached hydrogen (secondary N) is 1. The van der Waals surface area contributed by atoms with Crippen LogP contribution in [0.25, 0.3) is 0 Å². The Bertz CT molecular complexity index is 820. The summed E-state index contributed by atoms with van der Waals surface area (Å²) in [5.74, 6) is 1.14. The third-order valence-electron chi connectivity index (χ3n) is 5.41. The molecule has 3 atom stereocenters. The Morgan fingerprint density at radius 3 is 2.85 bits per heavy atom. The molecule has 6 nitrogen and oxygen atoms in total. The maximum Gasteiger partial charge on any atom is 0.351 e. The minimum atomic E-state index is -0.244. The van der Waals surface area contributed by atoms with Crippen molar-refractivity contribution in [2.75, 3.05) is 12.0 Å². The number of nitrogens with zero attached hydrogens (tertiary/aromatic N) is 3. The fourth-order valence-corrected chi connectivity index (χ4v) is 3.92. The first kappa shape index (κ1) is 17.2. The Morgan fingerprint density at radius 2 is 2.12 bits per heavy atom. The molecule has 2 aliphatic heterocycles. The first-order valence-electron chi connectivity index (χ1n) is 9.47. The van der Waals surface area contributed by atoms with Crippen LogP contribution in [0.4, 0.5) is 5.82 Å². The zero-order chi connectivity index (χ0) is 18.1. The van der Waals surface area contributed by atoms with Crippen LogP contribution in [0.2, 0.25) is 0 Å². The van der Waals surface area contributed by atoms with Crippen LogP contribution >= 0.6 is 0 Å². The van der Waals surface area contributed by atoms with Crippen molar-refractivity contribution in [2.24, 2.45) is 5.92 Å². The lowest BCUT2D eigenvalue weighted by atomic mass is 10.0. The number of hydrazine groups is 1. The fraction of sp³-hybridized carbons (Fsp3) is 0.500. The second-order valence-corrected chi connectivity index (χ2v) is 7.32. The second kappa shape index (κ2) is 7.21. The molecule has 4 rings (SSSR count). The molecule has 2 aliphatic rings. The summed E-state index contributed by atoms with van der Waals surface area (Å²) in [5.41, 5.74) is 5.36. The Balaban J connectivity index is 1.51. The molecule has 2 aromatic rings. The maximum absolute atomic E-state index is 12.6. The van der Waals surface area contributed by atoms with Crippen LogP contribution in [0.15, 0.2) is 41.3 Å². The normalized spacial score (nSPS) is 25.7. The van der Waals surface area contributed by atoms with E-state index in [0.29, 0.717) is 11.7 Å². The van der Waals surface area contributed by atoms with Crippen LogP contribution in [0, 0.1) is 5.92 Å². The molecule has 1 fully saturated rings. The van der Waals surface area contributed by atoms with Gasteiger partial charge in [0.05, 0.1) is 6.10 Å². The lowest BCUT2D eigenvalue weighted by Gasteiger charge is -2.30. The van der Waals surface area contributed by atoms with E-state index in [1.165, 1.54) is 5.56 Å². The van der Waals surface area contributed by atoms with Gasteiger partial charge in [0.2, 0.25) is 0 Å². The van der Waals surface area contributed by atoms with E-state index in [1.54, 1.807) is 4.57 Å². The van der Waals surface area contributed by atoms with Crippen LogP contribution in [0.3, 0.4) is 0 Å². The Morgan fingerprint density at radius 1 is 1.31 bits per heavy atom. The van der Waals surface area contributed by atoms with Gasteiger partial charge in [-0.3, -0.25) is 4.57 Å². The fourth-order valence-electron chi connectivity index (χ4n) is 3.92. The second-order valence-electron chi connectivity index (χ2n) is 7.32. The molecule has 138 valence electrons. The molecule has 1 N–H and O–H groups in total. The average Bonchev–Trinajstić information content (AvgIpc) is 3.02. The van der Waals surface area contributed by atoms with E-state index in [9.17, 15) is 4.79 Å². The molecule has 6 heteroatoms. The van der Waals surface area contributed by atoms with Gasteiger partial charge in [0.25, 0.3) is 0 Å². The SMILES string of the molecule is CCC1OC(n2cc3c(nc2=O)NN(Cc2ccccc2)CC3)CC1C. The van der Waals surface area contributed by atoms with Crippen molar-refractivity contribution in [1.82, 2.24) is 14.6 Å². The first-order valence-corrected chi connectivity index (χ1v) is 9.47. The zero-order valence-electron chi connectivity index (χ0n) is 15.4. The van der Waals surface area contributed by atoms with E-state index < -0.39 is 0 Å². The molecular weight excluding hydrogens is 328 g/mol. The Hall–Kier alpha value is -2.18. The summed E-state index contributed by atoms with van der Waals surface area (Å²) >= 11 is 0. The minimum absolute atomic E-state index is 0.192. The lowest BCUT2D eigenvalue weighted by molar-refractivity contribution is -0.00767. The molecule has 0 aliphatic carbocycles. The molecule has 0 bridgehead atoms. The molecular formula is C20H26N4O2. The predicted octanol–water partition coefficient (Wildman–Crippen LogP) is 2.96. The molecule has 0 saturated carbocycles. The highest BCUT2D eigenvalue weighted by molar-refractivity contribution is 5.43. The van der Waals surface area contributed by atoms with Gasteiger partial charge < -0.3 is 10.2 Å². The minimum Gasteiger partial charge on any atom is -0.354 e. The summed E-state index contributed by atoms with van der Waals surface area (Å²) < 4.78 is 7.75.